The summed E-state index contributed by atoms with van der Waals surface area (Å²) < 4.78 is 13.5. The van der Waals surface area contributed by atoms with Crippen molar-refractivity contribution in [3.8, 4) is 0 Å². The lowest BCUT2D eigenvalue weighted by molar-refractivity contribution is 0.102. The molecule has 0 unspecified atom stereocenters. The van der Waals surface area contributed by atoms with Gasteiger partial charge in [0.15, 0.2) is 0 Å². The van der Waals surface area contributed by atoms with Crippen LogP contribution in [0.5, 0.6) is 0 Å². The molecule has 1 heterocycles. The molecule has 0 saturated carbocycles. The van der Waals surface area contributed by atoms with Crippen LogP contribution in [0.15, 0.2) is 28.9 Å². The first-order valence-electron chi connectivity index (χ1n) is 5.71. The van der Waals surface area contributed by atoms with E-state index in [1.54, 1.807) is 7.05 Å². The maximum Gasteiger partial charge on any atom is 0.257 e. The monoisotopic (exact) mass is 391 g/mol. The van der Waals surface area contributed by atoms with Crippen molar-refractivity contribution in [2.75, 3.05) is 17.7 Å². The number of nitrogens with zero attached hydrogens (tertiary/aromatic N) is 1. The Bertz CT molecular complexity index is 689. The summed E-state index contributed by atoms with van der Waals surface area (Å²) in [5.41, 5.74) is 0.531. The van der Waals surface area contributed by atoms with Crippen molar-refractivity contribution in [1.29, 1.82) is 0 Å². The van der Waals surface area contributed by atoms with Gasteiger partial charge in [-0.2, -0.15) is 0 Å². The number of hydrogen-bond donors (Lipinski definition) is 2. The van der Waals surface area contributed by atoms with Gasteiger partial charge in [0.2, 0.25) is 0 Å². The first-order chi connectivity index (χ1) is 9.92. The van der Waals surface area contributed by atoms with E-state index in [2.05, 4.69) is 31.5 Å². The zero-order chi connectivity index (χ0) is 15.6. The molecule has 0 radical (unpaired) electrons. The van der Waals surface area contributed by atoms with E-state index in [0.29, 0.717) is 15.3 Å². The van der Waals surface area contributed by atoms with E-state index < -0.39 is 11.7 Å². The van der Waals surface area contributed by atoms with Gasteiger partial charge in [0.25, 0.3) is 5.91 Å². The fraction of sp³-hybridized carbons (Fsp3) is 0.0769. The van der Waals surface area contributed by atoms with E-state index in [0.717, 1.165) is 6.07 Å². The number of carbonyl (C=O) groups excluding carboxylic acids is 1. The normalized spacial score (nSPS) is 10.3. The van der Waals surface area contributed by atoms with Gasteiger partial charge in [0, 0.05) is 17.7 Å². The summed E-state index contributed by atoms with van der Waals surface area (Å²) in [6, 6.07) is 3.79. The molecule has 110 valence electrons. The number of rotatable bonds is 3. The van der Waals surface area contributed by atoms with Gasteiger partial charge < -0.3 is 10.6 Å². The van der Waals surface area contributed by atoms with Gasteiger partial charge in [-0.25, -0.2) is 9.37 Å². The number of halogens is 4. The van der Waals surface area contributed by atoms with Crippen molar-refractivity contribution in [1.82, 2.24) is 4.98 Å². The summed E-state index contributed by atoms with van der Waals surface area (Å²) in [6.45, 7) is 0. The van der Waals surface area contributed by atoms with Crippen molar-refractivity contribution in [2.45, 2.75) is 0 Å². The molecular weight excluding hydrogens is 384 g/mol. The van der Waals surface area contributed by atoms with Crippen LogP contribution < -0.4 is 10.6 Å². The number of nitrogens with one attached hydrogen (secondary N) is 2. The summed E-state index contributed by atoms with van der Waals surface area (Å²) in [5, 5.41) is 5.77. The summed E-state index contributed by atoms with van der Waals surface area (Å²) >= 11 is 15.0. The molecule has 0 aliphatic heterocycles. The minimum atomic E-state index is -0.507. The lowest BCUT2D eigenvalue weighted by Crippen LogP contribution is -2.13. The van der Waals surface area contributed by atoms with Crippen molar-refractivity contribution < 1.29 is 9.18 Å². The van der Waals surface area contributed by atoms with Crippen molar-refractivity contribution >= 4 is 56.5 Å². The highest BCUT2D eigenvalue weighted by molar-refractivity contribution is 9.10. The summed E-state index contributed by atoms with van der Waals surface area (Å²) in [5.74, 6) is -0.497. The SMILES string of the molecule is CNc1ncc(C(=O)Nc2c(Cl)cc(F)cc2Br)cc1Cl. The second kappa shape index (κ2) is 6.60. The maximum absolute atomic E-state index is 13.1. The highest BCUT2D eigenvalue weighted by Gasteiger charge is 2.14. The van der Waals surface area contributed by atoms with Crippen LogP contribution in [0.3, 0.4) is 0 Å². The minimum absolute atomic E-state index is 0.0844. The Balaban J connectivity index is 2.28. The zero-order valence-electron chi connectivity index (χ0n) is 10.7. The quantitative estimate of drug-likeness (QED) is 0.803. The molecule has 2 rings (SSSR count). The van der Waals surface area contributed by atoms with Crippen molar-refractivity contribution in [3.63, 3.8) is 0 Å². The maximum atomic E-state index is 13.1. The number of carbonyl (C=O) groups is 1. The Hall–Kier alpha value is -1.37. The molecule has 1 aromatic heterocycles. The Kier molecular flexibility index (Phi) is 5.03. The molecule has 0 aliphatic carbocycles. The van der Waals surface area contributed by atoms with E-state index >= 15 is 0 Å². The number of benzene rings is 1. The Morgan fingerprint density at radius 2 is 2.00 bits per heavy atom. The predicted molar refractivity (Wildman–Crippen MR) is 85.9 cm³/mol. The van der Waals surface area contributed by atoms with Gasteiger partial charge in [0.1, 0.15) is 11.6 Å². The first-order valence-corrected chi connectivity index (χ1v) is 7.26. The van der Waals surface area contributed by atoms with Crippen LogP contribution in [-0.4, -0.2) is 17.9 Å². The van der Waals surface area contributed by atoms with Crippen LogP contribution in [0.1, 0.15) is 10.4 Å². The van der Waals surface area contributed by atoms with Crippen LogP contribution >= 0.6 is 39.1 Å². The summed E-state index contributed by atoms with van der Waals surface area (Å²) in [6.07, 6.45) is 1.37. The van der Waals surface area contributed by atoms with E-state index in [-0.39, 0.29) is 16.3 Å². The third-order valence-corrected chi connectivity index (χ3v) is 3.80. The van der Waals surface area contributed by atoms with Crippen LogP contribution in [0, 0.1) is 5.82 Å². The molecule has 4 nitrogen and oxygen atoms in total. The second-order valence-electron chi connectivity index (χ2n) is 4.00. The Labute approximate surface area is 138 Å². The smallest absolute Gasteiger partial charge is 0.257 e. The molecular formula is C13H9BrCl2FN3O. The van der Waals surface area contributed by atoms with Gasteiger partial charge >= 0.3 is 0 Å². The number of hydrogen-bond acceptors (Lipinski definition) is 3. The van der Waals surface area contributed by atoms with Crippen LogP contribution in [-0.2, 0) is 0 Å². The van der Waals surface area contributed by atoms with Crippen molar-refractivity contribution in [2.24, 2.45) is 0 Å². The molecule has 0 aliphatic rings. The van der Waals surface area contributed by atoms with E-state index in [1.807, 2.05) is 0 Å². The average Bonchev–Trinajstić information content (AvgIpc) is 2.42. The fourth-order valence-corrected chi connectivity index (χ4v) is 2.75. The molecule has 2 N–H and O–H groups in total. The molecule has 8 heteroatoms. The fourth-order valence-electron chi connectivity index (χ4n) is 1.59. The van der Waals surface area contributed by atoms with E-state index in [4.69, 9.17) is 23.2 Å². The lowest BCUT2D eigenvalue weighted by Gasteiger charge is -2.10. The van der Waals surface area contributed by atoms with E-state index in [1.165, 1.54) is 18.3 Å². The minimum Gasteiger partial charge on any atom is -0.372 e. The summed E-state index contributed by atoms with van der Waals surface area (Å²) in [7, 11) is 1.67. The third kappa shape index (κ3) is 3.64. The summed E-state index contributed by atoms with van der Waals surface area (Å²) in [4.78, 5) is 16.2. The average molecular weight is 393 g/mol. The van der Waals surface area contributed by atoms with E-state index in [9.17, 15) is 9.18 Å². The topological polar surface area (TPSA) is 54.0 Å². The van der Waals surface area contributed by atoms with Gasteiger partial charge in [-0.05, 0) is 34.1 Å². The number of amides is 1. The first kappa shape index (κ1) is 16.0. The van der Waals surface area contributed by atoms with Crippen LogP contribution in [0.4, 0.5) is 15.9 Å². The predicted octanol–water partition coefficient (Wildman–Crippen LogP) is 4.58. The third-order valence-electron chi connectivity index (χ3n) is 2.59. The highest BCUT2D eigenvalue weighted by Crippen LogP contribution is 2.32. The van der Waals surface area contributed by atoms with Gasteiger partial charge in [-0.15, -0.1) is 0 Å². The molecule has 0 bridgehead atoms. The van der Waals surface area contributed by atoms with Crippen LogP contribution in [0.25, 0.3) is 0 Å². The van der Waals surface area contributed by atoms with Crippen molar-refractivity contribution in [3.05, 3.63) is 50.3 Å². The molecule has 0 atom stereocenters. The largest absolute Gasteiger partial charge is 0.372 e. The Morgan fingerprint density at radius 1 is 1.29 bits per heavy atom. The molecule has 21 heavy (non-hydrogen) atoms. The molecule has 0 saturated heterocycles. The molecule has 1 amide bonds. The van der Waals surface area contributed by atoms with Gasteiger partial charge in [-0.3, -0.25) is 4.79 Å². The number of anilines is 2. The Morgan fingerprint density at radius 3 is 2.57 bits per heavy atom. The highest BCUT2D eigenvalue weighted by atomic mass is 79.9. The number of pyridine rings is 1. The van der Waals surface area contributed by atoms with Gasteiger partial charge in [-0.1, -0.05) is 23.2 Å². The van der Waals surface area contributed by atoms with Gasteiger partial charge in [0.05, 0.1) is 21.3 Å². The molecule has 1 aromatic carbocycles. The standard InChI is InChI=1S/C13H9BrCl2FN3O/c1-18-12-10(16)2-6(5-19-12)13(21)20-11-8(14)3-7(17)4-9(11)15/h2-5H,1H3,(H,18,19)(H,20,21). The molecule has 2 aromatic rings. The number of aromatic nitrogens is 1. The zero-order valence-corrected chi connectivity index (χ0v) is 13.8. The molecule has 0 fully saturated rings. The lowest BCUT2D eigenvalue weighted by atomic mass is 10.2. The molecule has 0 spiro atoms. The second-order valence-corrected chi connectivity index (χ2v) is 5.67. The van der Waals surface area contributed by atoms with Crippen LogP contribution in [0.2, 0.25) is 10.0 Å².